The second-order valence-electron chi connectivity index (χ2n) is 4.09. The number of hydrogen-bond acceptors (Lipinski definition) is 4. The van der Waals surface area contributed by atoms with E-state index in [1.54, 1.807) is 30.3 Å². The number of anilines is 1. The van der Waals surface area contributed by atoms with Crippen molar-refractivity contribution in [2.75, 3.05) is 5.73 Å². The highest BCUT2D eigenvalue weighted by Gasteiger charge is 2.08. The summed E-state index contributed by atoms with van der Waals surface area (Å²) in [6, 6.07) is 11.7. The van der Waals surface area contributed by atoms with Gasteiger partial charge in [0, 0.05) is 5.69 Å². The molecule has 3 N–H and O–H groups in total. The first kappa shape index (κ1) is 11.2. The Bertz CT molecular complexity index is 779. The molecule has 0 amide bonds. The van der Waals surface area contributed by atoms with E-state index in [2.05, 4.69) is 10.2 Å². The molecule has 0 atom stereocenters. The number of carboxylic acid groups (broad SMARTS) is 1. The molecule has 0 aliphatic carbocycles. The van der Waals surface area contributed by atoms with Crippen LogP contribution in [0.15, 0.2) is 42.5 Å². The van der Waals surface area contributed by atoms with Crippen LogP contribution in [0.3, 0.4) is 0 Å². The first-order chi connectivity index (χ1) is 9.13. The van der Waals surface area contributed by atoms with Crippen LogP contribution in [-0.4, -0.2) is 26.1 Å². The summed E-state index contributed by atoms with van der Waals surface area (Å²) in [5, 5.41) is 17.5. The molecule has 3 rings (SSSR count). The number of fused-ring (bicyclic) bond motifs is 1. The quantitative estimate of drug-likeness (QED) is 0.679. The van der Waals surface area contributed by atoms with Crippen molar-refractivity contribution < 1.29 is 9.90 Å². The number of aromatic nitrogens is 3. The smallest absolute Gasteiger partial charge is 0.335 e. The first-order valence-corrected chi connectivity index (χ1v) is 5.60. The van der Waals surface area contributed by atoms with E-state index in [4.69, 9.17) is 10.8 Å². The van der Waals surface area contributed by atoms with Crippen LogP contribution in [0.1, 0.15) is 10.4 Å². The lowest BCUT2D eigenvalue weighted by molar-refractivity contribution is 0.0697. The standard InChI is InChI=1S/C13H10N4O2/c14-9-4-5-11-12(7-9)16-17(15-11)10-3-1-2-8(6-10)13(18)19/h1-7H,14H2,(H,18,19). The van der Waals surface area contributed by atoms with Crippen molar-refractivity contribution in [1.29, 1.82) is 0 Å². The fourth-order valence-electron chi connectivity index (χ4n) is 1.81. The summed E-state index contributed by atoms with van der Waals surface area (Å²) in [5.41, 5.74) is 8.45. The molecule has 2 aromatic carbocycles. The number of aromatic carboxylic acids is 1. The van der Waals surface area contributed by atoms with E-state index in [1.807, 2.05) is 0 Å². The number of benzene rings is 2. The van der Waals surface area contributed by atoms with Crippen molar-refractivity contribution in [3.63, 3.8) is 0 Å². The molecule has 0 fully saturated rings. The summed E-state index contributed by atoms with van der Waals surface area (Å²) in [7, 11) is 0. The van der Waals surface area contributed by atoms with Crippen LogP contribution in [0.5, 0.6) is 0 Å². The highest BCUT2D eigenvalue weighted by Crippen LogP contribution is 2.16. The number of rotatable bonds is 2. The molecule has 0 saturated heterocycles. The zero-order chi connectivity index (χ0) is 13.4. The van der Waals surface area contributed by atoms with Crippen molar-refractivity contribution in [3.8, 4) is 5.69 Å². The Morgan fingerprint density at radius 3 is 2.68 bits per heavy atom. The van der Waals surface area contributed by atoms with Gasteiger partial charge in [-0.2, -0.15) is 4.80 Å². The maximum atomic E-state index is 10.9. The van der Waals surface area contributed by atoms with E-state index < -0.39 is 5.97 Å². The van der Waals surface area contributed by atoms with Crippen molar-refractivity contribution >= 4 is 22.7 Å². The van der Waals surface area contributed by atoms with Gasteiger partial charge in [-0.1, -0.05) is 6.07 Å². The minimum atomic E-state index is -0.984. The predicted molar refractivity (Wildman–Crippen MR) is 70.2 cm³/mol. The topological polar surface area (TPSA) is 94.0 Å². The predicted octanol–water partition coefficient (Wildman–Crippen LogP) is 1.70. The van der Waals surface area contributed by atoms with Gasteiger partial charge in [-0.15, -0.1) is 10.2 Å². The SMILES string of the molecule is Nc1ccc2nn(-c3cccc(C(=O)O)c3)nc2c1. The first-order valence-electron chi connectivity index (χ1n) is 5.60. The average Bonchev–Trinajstić information content (AvgIpc) is 2.81. The molecule has 0 saturated carbocycles. The highest BCUT2D eigenvalue weighted by molar-refractivity contribution is 5.88. The summed E-state index contributed by atoms with van der Waals surface area (Å²) >= 11 is 0. The van der Waals surface area contributed by atoms with Gasteiger partial charge >= 0.3 is 5.97 Å². The molecule has 1 aromatic heterocycles. The molecule has 0 radical (unpaired) electrons. The Morgan fingerprint density at radius 2 is 1.89 bits per heavy atom. The minimum absolute atomic E-state index is 0.193. The molecule has 0 bridgehead atoms. The Kier molecular flexibility index (Phi) is 2.42. The Labute approximate surface area is 108 Å². The maximum Gasteiger partial charge on any atom is 0.335 e. The van der Waals surface area contributed by atoms with Gasteiger partial charge in [0.25, 0.3) is 0 Å². The van der Waals surface area contributed by atoms with Crippen LogP contribution in [0, 0.1) is 0 Å². The average molecular weight is 254 g/mol. The largest absolute Gasteiger partial charge is 0.478 e. The van der Waals surface area contributed by atoms with Crippen molar-refractivity contribution in [2.45, 2.75) is 0 Å². The third-order valence-corrected chi connectivity index (χ3v) is 2.73. The van der Waals surface area contributed by atoms with Crippen molar-refractivity contribution in [3.05, 3.63) is 48.0 Å². The monoisotopic (exact) mass is 254 g/mol. The van der Waals surface area contributed by atoms with E-state index in [9.17, 15) is 4.79 Å². The van der Waals surface area contributed by atoms with Crippen LogP contribution >= 0.6 is 0 Å². The lowest BCUT2D eigenvalue weighted by atomic mass is 10.2. The molecule has 6 nitrogen and oxygen atoms in total. The Hall–Kier alpha value is -2.89. The zero-order valence-electron chi connectivity index (χ0n) is 9.82. The number of nitrogens with two attached hydrogens (primary N) is 1. The minimum Gasteiger partial charge on any atom is -0.478 e. The Morgan fingerprint density at radius 1 is 1.11 bits per heavy atom. The van der Waals surface area contributed by atoms with Gasteiger partial charge in [0.2, 0.25) is 0 Å². The number of carboxylic acids is 1. The van der Waals surface area contributed by atoms with Gasteiger partial charge in [-0.3, -0.25) is 0 Å². The Balaban J connectivity index is 2.13. The van der Waals surface area contributed by atoms with E-state index in [-0.39, 0.29) is 5.56 Å². The fourth-order valence-corrected chi connectivity index (χ4v) is 1.81. The van der Waals surface area contributed by atoms with Gasteiger partial charge in [0.1, 0.15) is 11.0 Å². The molecule has 94 valence electrons. The van der Waals surface area contributed by atoms with Gasteiger partial charge in [0.05, 0.1) is 11.3 Å². The summed E-state index contributed by atoms with van der Waals surface area (Å²) in [6.45, 7) is 0. The summed E-state index contributed by atoms with van der Waals surface area (Å²) in [5.74, 6) is -0.984. The van der Waals surface area contributed by atoms with E-state index in [0.29, 0.717) is 22.4 Å². The number of nitrogen functional groups attached to an aromatic ring is 1. The summed E-state index contributed by atoms with van der Waals surface area (Å²) in [6.07, 6.45) is 0. The number of hydrogen-bond donors (Lipinski definition) is 2. The molecule has 0 spiro atoms. The second kappa shape index (κ2) is 4.09. The lowest BCUT2D eigenvalue weighted by Gasteiger charge is -2.00. The van der Waals surface area contributed by atoms with Crippen molar-refractivity contribution in [1.82, 2.24) is 15.0 Å². The summed E-state index contributed by atoms with van der Waals surface area (Å²) in [4.78, 5) is 12.3. The lowest BCUT2D eigenvalue weighted by Crippen LogP contribution is -2.02. The molecule has 0 unspecified atom stereocenters. The van der Waals surface area contributed by atoms with Crippen LogP contribution in [0.25, 0.3) is 16.7 Å². The molecule has 3 aromatic rings. The van der Waals surface area contributed by atoms with Gasteiger partial charge in [-0.25, -0.2) is 4.79 Å². The highest BCUT2D eigenvalue weighted by atomic mass is 16.4. The summed E-state index contributed by atoms with van der Waals surface area (Å²) < 4.78 is 0. The maximum absolute atomic E-state index is 10.9. The van der Waals surface area contributed by atoms with Crippen LogP contribution < -0.4 is 5.73 Å². The van der Waals surface area contributed by atoms with Gasteiger partial charge in [-0.05, 0) is 36.4 Å². The third kappa shape index (κ3) is 1.99. The molecule has 1 heterocycles. The van der Waals surface area contributed by atoms with Crippen LogP contribution in [0.4, 0.5) is 5.69 Å². The van der Waals surface area contributed by atoms with E-state index in [1.165, 1.54) is 16.9 Å². The normalized spacial score (nSPS) is 10.7. The van der Waals surface area contributed by atoms with E-state index >= 15 is 0 Å². The molecule has 0 aliphatic rings. The molecular formula is C13H10N4O2. The van der Waals surface area contributed by atoms with Crippen LogP contribution in [-0.2, 0) is 0 Å². The molecular weight excluding hydrogens is 244 g/mol. The van der Waals surface area contributed by atoms with E-state index in [0.717, 1.165) is 0 Å². The number of carbonyl (C=O) groups is 1. The van der Waals surface area contributed by atoms with Gasteiger partial charge < -0.3 is 10.8 Å². The zero-order valence-corrected chi connectivity index (χ0v) is 9.82. The number of nitrogens with zero attached hydrogens (tertiary/aromatic N) is 3. The molecule has 6 heteroatoms. The second-order valence-corrected chi connectivity index (χ2v) is 4.09. The van der Waals surface area contributed by atoms with Crippen molar-refractivity contribution in [2.24, 2.45) is 0 Å². The third-order valence-electron chi connectivity index (χ3n) is 2.73. The fraction of sp³-hybridized carbons (Fsp3) is 0. The van der Waals surface area contributed by atoms with Crippen LogP contribution in [0.2, 0.25) is 0 Å². The molecule has 0 aliphatic heterocycles. The molecule has 19 heavy (non-hydrogen) atoms. The van der Waals surface area contributed by atoms with Gasteiger partial charge in [0.15, 0.2) is 0 Å².